The van der Waals surface area contributed by atoms with E-state index in [2.05, 4.69) is 43.5 Å². The number of rotatable bonds is 31. The highest BCUT2D eigenvalue weighted by molar-refractivity contribution is 5.80. The molecule has 6 nitrogen and oxygen atoms in total. The molecule has 0 rings (SSSR count). The molecule has 0 spiro atoms. The molecule has 6 heteroatoms. The molecule has 1 amide bonds. The summed E-state index contributed by atoms with van der Waals surface area (Å²) >= 11 is 0. The SMILES string of the molecule is CCC/C=C/CCCC(O)C(O)C(CO)NC(=O)C(O)CCCCCCCC/C=C\CCCCCCCCCCCC. The second-order valence-corrected chi connectivity index (χ2v) is 12.2. The van der Waals surface area contributed by atoms with Gasteiger partial charge < -0.3 is 25.7 Å². The Morgan fingerprint density at radius 1 is 0.571 bits per heavy atom. The van der Waals surface area contributed by atoms with Crippen LogP contribution >= 0.6 is 0 Å². The molecule has 0 radical (unpaired) electrons. The number of hydrogen-bond donors (Lipinski definition) is 5. The molecule has 0 aliphatic carbocycles. The molecule has 248 valence electrons. The smallest absolute Gasteiger partial charge is 0.249 e. The maximum absolute atomic E-state index is 12.4. The van der Waals surface area contributed by atoms with Crippen LogP contribution in [0.15, 0.2) is 24.3 Å². The van der Waals surface area contributed by atoms with Gasteiger partial charge in [0.2, 0.25) is 5.91 Å². The Bertz CT molecular complexity index is 638. The molecule has 5 N–H and O–H groups in total. The number of allylic oxidation sites excluding steroid dienone is 4. The van der Waals surface area contributed by atoms with Crippen LogP contribution in [0, 0.1) is 0 Å². The second-order valence-electron chi connectivity index (χ2n) is 12.2. The molecule has 0 aromatic heterocycles. The van der Waals surface area contributed by atoms with E-state index in [1.54, 1.807) is 0 Å². The third-order valence-corrected chi connectivity index (χ3v) is 8.12. The van der Waals surface area contributed by atoms with Crippen LogP contribution in [-0.4, -0.2) is 57.3 Å². The lowest BCUT2D eigenvalue weighted by atomic mass is 10.00. The van der Waals surface area contributed by atoms with Gasteiger partial charge in [-0.2, -0.15) is 0 Å². The van der Waals surface area contributed by atoms with Crippen LogP contribution in [0.3, 0.4) is 0 Å². The average molecular weight is 596 g/mol. The average Bonchev–Trinajstić information content (AvgIpc) is 2.99. The van der Waals surface area contributed by atoms with Gasteiger partial charge in [0.1, 0.15) is 12.2 Å². The summed E-state index contributed by atoms with van der Waals surface area (Å²) in [6.45, 7) is 3.89. The van der Waals surface area contributed by atoms with E-state index in [4.69, 9.17) is 0 Å². The lowest BCUT2D eigenvalue weighted by Crippen LogP contribution is -2.53. The molecule has 0 saturated carbocycles. The minimum Gasteiger partial charge on any atom is -0.394 e. The Labute approximate surface area is 259 Å². The van der Waals surface area contributed by atoms with Crippen molar-refractivity contribution in [2.75, 3.05) is 6.61 Å². The van der Waals surface area contributed by atoms with Gasteiger partial charge in [-0.3, -0.25) is 4.79 Å². The number of nitrogens with one attached hydrogen (secondary N) is 1. The number of unbranched alkanes of at least 4 members (excludes halogenated alkanes) is 18. The van der Waals surface area contributed by atoms with Gasteiger partial charge in [0, 0.05) is 0 Å². The van der Waals surface area contributed by atoms with Crippen molar-refractivity contribution in [3.05, 3.63) is 24.3 Å². The Balaban J connectivity index is 3.74. The first-order valence-electron chi connectivity index (χ1n) is 17.7. The molecule has 0 fully saturated rings. The van der Waals surface area contributed by atoms with Crippen molar-refractivity contribution in [1.29, 1.82) is 0 Å². The van der Waals surface area contributed by atoms with E-state index in [1.807, 2.05) is 0 Å². The van der Waals surface area contributed by atoms with Crippen LogP contribution < -0.4 is 5.32 Å². The first-order chi connectivity index (χ1) is 20.5. The molecule has 0 heterocycles. The minimum absolute atomic E-state index is 0.356. The van der Waals surface area contributed by atoms with Gasteiger partial charge in [-0.15, -0.1) is 0 Å². The highest BCUT2D eigenvalue weighted by atomic mass is 16.3. The predicted molar refractivity (Wildman–Crippen MR) is 177 cm³/mol. The maximum atomic E-state index is 12.4. The van der Waals surface area contributed by atoms with Crippen LogP contribution in [0.5, 0.6) is 0 Å². The predicted octanol–water partition coefficient (Wildman–Crippen LogP) is 8.06. The van der Waals surface area contributed by atoms with Crippen molar-refractivity contribution in [2.45, 2.75) is 192 Å². The summed E-state index contributed by atoms with van der Waals surface area (Å²) in [6.07, 6.45) is 32.4. The molecule has 0 aromatic rings. The Kier molecular flexibility index (Phi) is 30.3. The van der Waals surface area contributed by atoms with Crippen LogP contribution in [-0.2, 0) is 4.79 Å². The monoisotopic (exact) mass is 596 g/mol. The summed E-state index contributed by atoms with van der Waals surface area (Å²) in [7, 11) is 0. The number of carbonyl (C=O) groups is 1. The summed E-state index contributed by atoms with van der Waals surface area (Å²) < 4.78 is 0. The van der Waals surface area contributed by atoms with Gasteiger partial charge >= 0.3 is 0 Å². The number of hydrogen-bond acceptors (Lipinski definition) is 5. The van der Waals surface area contributed by atoms with E-state index in [0.717, 1.165) is 44.9 Å². The summed E-state index contributed by atoms with van der Waals surface area (Å²) in [5.41, 5.74) is 0. The highest BCUT2D eigenvalue weighted by Crippen LogP contribution is 2.14. The summed E-state index contributed by atoms with van der Waals surface area (Å²) in [5.74, 6) is -0.604. The van der Waals surface area contributed by atoms with Gasteiger partial charge in [0.15, 0.2) is 0 Å². The van der Waals surface area contributed by atoms with Gasteiger partial charge in [-0.05, 0) is 57.8 Å². The Morgan fingerprint density at radius 3 is 1.52 bits per heavy atom. The number of aliphatic hydroxyl groups excluding tert-OH is 4. The van der Waals surface area contributed by atoms with E-state index < -0.39 is 36.9 Å². The third-order valence-electron chi connectivity index (χ3n) is 8.12. The van der Waals surface area contributed by atoms with Crippen LogP contribution in [0.4, 0.5) is 0 Å². The molecule has 4 unspecified atom stereocenters. The van der Waals surface area contributed by atoms with Crippen molar-refractivity contribution in [1.82, 2.24) is 5.32 Å². The topological polar surface area (TPSA) is 110 Å². The van der Waals surface area contributed by atoms with Crippen LogP contribution in [0.1, 0.15) is 168 Å². The largest absolute Gasteiger partial charge is 0.394 e. The molecule has 0 aromatic carbocycles. The fraction of sp³-hybridized carbons (Fsp3) is 0.861. The minimum atomic E-state index is -1.28. The van der Waals surface area contributed by atoms with E-state index in [0.29, 0.717) is 19.3 Å². The normalized spacial score (nSPS) is 14.9. The van der Waals surface area contributed by atoms with Crippen molar-refractivity contribution in [2.24, 2.45) is 0 Å². The van der Waals surface area contributed by atoms with Crippen LogP contribution in [0.2, 0.25) is 0 Å². The first kappa shape index (κ1) is 40.8. The fourth-order valence-corrected chi connectivity index (χ4v) is 5.23. The first-order valence-corrected chi connectivity index (χ1v) is 17.7. The fourth-order valence-electron chi connectivity index (χ4n) is 5.23. The van der Waals surface area contributed by atoms with E-state index in [1.165, 1.54) is 89.9 Å². The number of aliphatic hydroxyl groups is 4. The highest BCUT2D eigenvalue weighted by Gasteiger charge is 2.28. The summed E-state index contributed by atoms with van der Waals surface area (Å²) in [6, 6.07) is -0.998. The molecular formula is C36H69NO5. The van der Waals surface area contributed by atoms with Gasteiger partial charge in [-0.1, -0.05) is 134 Å². The molecule has 0 aliphatic rings. The lowest BCUT2D eigenvalue weighted by molar-refractivity contribution is -0.132. The Hall–Kier alpha value is -1.21. The van der Waals surface area contributed by atoms with E-state index in [-0.39, 0.29) is 0 Å². The zero-order valence-corrected chi connectivity index (χ0v) is 27.5. The zero-order chi connectivity index (χ0) is 31.1. The van der Waals surface area contributed by atoms with Crippen molar-refractivity contribution in [3.8, 4) is 0 Å². The third kappa shape index (κ3) is 25.3. The number of carbonyl (C=O) groups excluding carboxylic acids is 1. The van der Waals surface area contributed by atoms with Crippen molar-refractivity contribution < 1.29 is 25.2 Å². The van der Waals surface area contributed by atoms with Crippen LogP contribution in [0.25, 0.3) is 0 Å². The quantitative estimate of drug-likeness (QED) is 0.0411. The molecule has 0 saturated heterocycles. The maximum Gasteiger partial charge on any atom is 0.249 e. The Morgan fingerprint density at radius 2 is 1.02 bits per heavy atom. The molecule has 0 aliphatic heterocycles. The van der Waals surface area contributed by atoms with Gasteiger partial charge in [0.25, 0.3) is 0 Å². The second kappa shape index (κ2) is 31.2. The molecular weight excluding hydrogens is 526 g/mol. The summed E-state index contributed by atoms with van der Waals surface area (Å²) in [5, 5.41) is 43.0. The summed E-state index contributed by atoms with van der Waals surface area (Å²) in [4.78, 5) is 12.4. The standard InChI is InChI=1S/C36H69NO5/c1-3-5-7-9-11-12-13-14-15-16-17-18-19-20-21-22-23-24-26-28-30-34(40)36(42)37-32(31-38)35(41)33(39)29-27-25-10-8-6-4-2/h8,10,18-19,32-35,38-41H,3-7,9,11-17,20-31H2,1-2H3,(H,37,42)/b10-8+,19-18-. The zero-order valence-electron chi connectivity index (χ0n) is 27.5. The van der Waals surface area contributed by atoms with Crippen molar-refractivity contribution in [3.63, 3.8) is 0 Å². The van der Waals surface area contributed by atoms with E-state index >= 15 is 0 Å². The van der Waals surface area contributed by atoms with Gasteiger partial charge in [0.05, 0.1) is 18.8 Å². The van der Waals surface area contributed by atoms with Gasteiger partial charge in [-0.25, -0.2) is 0 Å². The molecule has 0 bridgehead atoms. The van der Waals surface area contributed by atoms with Crippen molar-refractivity contribution >= 4 is 5.91 Å². The molecule has 4 atom stereocenters. The van der Waals surface area contributed by atoms with E-state index in [9.17, 15) is 25.2 Å². The lowest BCUT2D eigenvalue weighted by Gasteiger charge is -2.27. The number of amides is 1. The molecule has 42 heavy (non-hydrogen) atoms.